The summed E-state index contributed by atoms with van der Waals surface area (Å²) in [6.07, 6.45) is -5.78. The van der Waals surface area contributed by atoms with E-state index in [4.69, 9.17) is 33.2 Å². The van der Waals surface area contributed by atoms with Gasteiger partial charge < -0.3 is 33.2 Å². The van der Waals surface area contributed by atoms with Crippen LogP contribution in [0.5, 0.6) is 0 Å². The molecule has 0 unspecified atom stereocenters. The molecule has 3 aromatic rings. The summed E-state index contributed by atoms with van der Waals surface area (Å²) >= 11 is 0. The zero-order valence-electron chi connectivity index (χ0n) is 25.9. The van der Waals surface area contributed by atoms with E-state index in [1.165, 1.54) is 42.5 Å². The smallest absolute Gasteiger partial charge is 0.341 e. The monoisotopic (exact) mass is 670 g/mol. The number of hydrogen-bond acceptors (Lipinski definition) is 11. The van der Waals surface area contributed by atoms with Crippen LogP contribution in [0.1, 0.15) is 31.1 Å². The first-order valence-corrected chi connectivity index (χ1v) is 15.4. The van der Waals surface area contributed by atoms with Crippen LogP contribution in [0.15, 0.2) is 127 Å². The molecule has 0 bridgehead atoms. The van der Waals surface area contributed by atoms with Gasteiger partial charge in [-0.3, -0.25) is 0 Å². The number of benzene rings is 3. The maximum Gasteiger partial charge on any atom is 0.341 e. The summed E-state index contributed by atoms with van der Waals surface area (Å²) in [5.41, 5.74) is 1.13. The van der Waals surface area contributed by atoms with Gasteiger partial charge in [-0.05, 0) is 48.0 Å². The van der Waals surface area contributed by atoms with Gasteiger partial charge in [0.1, 0.15) is 25.6 Å². The van der Waals surface area contributed by atoms with Crippen LogP contribution in [-0.2, 0) is 38.0 Å². The molecule has 252 valence electrons. The molecule has 0 N–H and O–H groups in total. The molecular weight excluding hydrogens is 639 g/mol. The van der Waals surface area contributed by atoms with Gasteiger partial charge in [0.05, 0.1) is 28.2 Å². The summed E-state index contributed by atoms with van der Waals surface area (Å²) in [4.78, 5) is 51.8. The number of esters is 4. The minimum atomic E-state index is -2.17. The Labute approximate surface area is 280 Å². The van der Waals surface area contributed by atoms with Gasteiger partial charge in [-0.1, -0.05) is 60.7 Å². The zero-order chi connectivity index (χ0) is 34.3. The highest BCUT2D eigenvalue weighted by Gasteiger charge is 2.53. The molecule has 3 aliphatic rings. The van der Waals surface area contributed by atoms with Gasteiger partial charge in [-0.15, -0.1) is 6.58 Å². The molecule has 0 saturated carbocycles. The van der Waals surface area contributed by atoms with Crippen molar-refractivity contribution in [2.24, 2.45) is 5.92 Å². The van der Waals surface area contributed by atoms with Gasteiger partial charge in [-0.2, -0.15) is 0 Å². The normalized spacial score (nSPS) is 26.0. The van der Waals surface area contributed by atoms with Crippen LogP contribution in [0.3, 0.4) is 0 Å². The molecule has 3 aliphatic heterocycles. The lowest BCUT2D eigenvalue weighted by molar-refractivity contribution is -0.327. The van der Waals surface area contributed by atoms with E-state index in [0.717, 1.165) is 6.26 Å². The summed E-state index contributed by atoms with van der Waals surface area (Å²) < 4.78 is 56.5. The van der Waals surface area contributed by atoms with Gasteiger partial charge >= 0.3 is 23.9 Å². The van der Waals surface area contributed by atoms with Crippen molar-refractivity contribution >= 4 is 23.9 Å². The molecule has 0 aromatic heterocycles. The van der Waals surface area contributed by atoms with E-state index in [9.17, 15) is 19.2 Å². The average molecular weight is 671 g/mol. The topological polar surface area (TPSA) is 133 Å². The molecular formula is C37H31FO11. The summed E-state index contributed by atoms with van der Waals surface area (Å²) in [6.45, 7) is 3.24. The number of carbonyl (C=O) groups is 4. The van der Waals surface area contributed by atoms with Crippen LogP contribution in [0, 0.1) is 5.92 Å². The first kappa shape index (κ1) is 33.3. The second kappa shape index (κ2) is 15.1. The molecule has 1 saturated heterocycles. The Morgan fingerprint density at radius 1 is 0.796 bits per heavy atom. The van der Waals surface area contributed by atoms with E-state index < -0.39 is 73.5 Å². The minimum absolute atomic E-state index is 0.00963. The van der Waals surface area contributed by atoms with Crippen LogP contribution in [0.25, 0.3) is 0 Å². The van der Waals surface area contributed by atoms with Crippen molar-refractivity contribution in [1.29, 1.82) is 0 Å². The van der Waals surface area contributed by atoms with Gasteiger partial charge in [-0.25, -0.2) is 23.6 Å². The second-order valence-electron chi connectivity index (χ2n) is 11.1. The number of hydrogen-bond donors (Lipinski definition) is 0. The first-order chi connectivity index (χ1) is 23.8. The molecule has 6 rings (SSSR count). The molecule has 1 fully saturated rings. The van der Waals surface area contributed by atoms with Crippen molar-refractivity contribution in [3.63, 3.8) is 0 Å². The molecule has 7 atom stereocenters. The summed E-state index contributed by atoms with van der Waals surface area (Å²) in [5, 5.41) is 0. The fourth-order valence-corrected chi connectivity index (χ4v) is 5.51. The van der Waals surface area contributed by atoms with E-state index in [1.54, 1.807) is 60.7 Å². The summed E-state index contributed by atoms with van der Waals surface area (Å²) in [5.74, 6) is -3.88. The maximum absolute atomic E-state index is 16.5. The molecule has 0 spiro atoms. The van der Waals surface area contributed by atoms with Crippen molar-refractivity contribution in [3.8, 4) is 0 Å². The number of halogens is 1. The predicted molar refractivity (Wildman–Crippen MR) is 168 cm³/mol. The molecule has 3 aromatic carbocycles. The first-order valence-electron chi connectivity index (χ1n) is 15.4. The summed E-state index contributed by atoms with van der Waals surface area (Å²) in [6, 6.07) is 23.8. The lowest BCUT2D eigenvalue weighted by atomic mass is 9.89. The molecule has 49 heavy (non-hydrogen) atoms. The molecule has 0 radical (unpaired) electrons. The molecule has 0 amide bonds. The average Bonchev–Trinajstić information content (AvgIpc) is 3.14. The number of alkyl halides is 1. The number of cyclic esters (lactones) is 1. The second-order valence-corrected chi connectivity index (χ2v) is 11.1. The highest BCUT2D eigenvalue weighted by Crippen LogP contribution is 2.37. The highest BCUT2D eigenvalue weighted by molar-refractivity contribution is 5.95. The SMILES string of the molecule is C=C[C@@H]1C2=CCOC(=O)C2=CO[C@H]1O[C@@H]1O[C@H](COC(=O)c2ccccc2)[C@@H](F)[C@H](OC(=O)c2ccccc2)[C@H]1OC(=O)c1ccccc1. The van der Waals surface area contributed by atoms with Crippen LogP contribution in [0.4, 0.5) is 4.39 Å². The van der Waals surface area contributed by atoms with Crippen LogP contribution < -0.4 is 0 Å². The number of ether oxygens (including phenoxy) is 7. The Balaban J connectivity index is 1.33. The number of carbonyl (C=O) groups excluding carboxylic acids is 4. The Hall–Kier alpha value is -5.59. The van der Waals surface area contributed by atoms with Gasteiger partial charge in [0, 0.05) is 0 Å². The highest BCUT2D eigenvalue weighted by atomic mass is 19.1. The number of rotatable bonds is 10. The van der Waals surface area contributed by atoms with Crippen LogP contribution in [-0.4, -0.2) is 74.2 Å². The van der Waals surface area contributed by atoms with Crippen molar-refractivity contribution in [3.05, 3.63) is 144 Å². The van der Waals surface area contributed by atoms with Crippen molar-refractivity contribution in [1.82, 2.24) is 0 Å². The molecule has 0 aliphatic carbocycles. The fraction of sp³-hybridized carbons (Fsp3) is 0.243. The largest absolute Gasteiger partial charge is 0.471 e. The minimum Gasteiger partial charge on any atom is -0.471 e. The van der Waals surface area contributed by atoms with Crippen LogP contribution in [0.2, 0.25) is 0 Å². The van der Waals surface area contributed by atoms with E-state index in [-0.39, 0.29) is 28.9 Å². The van der Waals surface area contributed by atoms with Crippen molar-refractivity contribution in [2.75, 3.05) is 13.2 Å². The number of fused-ring (bicyclic) bond motifs is 1. The van der Waals surface area contributed by atoms with Gasteiger partial charge in [0.15, 0.2) is 18.4 Å². The van der Waals surface area contributed by atoms with Crippen LogP contribution >= 0.6 is 0 Å². The Bertz CT molecular complexity index is 1740. The lowest BCUT2D eigenvalue weighted by Gasteiger charge is -2.44. The Morgan fingerprint density at radius 3 is 1.92 bits per heavy atom. The van der Waals surface area contributed by atoms with Crippen molar-refractivity contribution in [2.45, 2.75) is 37.1 Å². The summed E-state index contributed by atoms with van der Waals surface area (Å²) in [7, 11) is 0. The Kier molecular flexibility index (Phi) is 10.3. The predicted octanol–water partition coefficient (Wildman–Crippen LogP) is 4.90. The molecule has 11 nitrogen and oxygen atoms in total. The van der Waals surface area contributed by atoms with E-state index in [2.05, 4.69) is 6.58 Å². The zero-order valence-corrected chi connectivity index (χ0v) is 25.9. The molecule has 3 heterocycles. The standard InChI is InChI=1S/C37H31FO11/c1-2-25-26-18-19-43-35(42)27(26)20-45-36(25)49-37-31(48-34(41)24-16-10-5-11-17-24)30(47-33(40)23-14-8-4-9-15-23)29(38)28(46-37)21-44-32(39)22-12-6-3-7-13-22/h2-18,20,25,28-31,36-37H,1,19,21H2/t25-,28-,29-,30+,31-,36+,37+/m1/s1. The third kappa shape index (κ3) is 7.45. The lowest BCUT2D eigenvalue weighted by Crippen LogP contribution is -2.61. The third-order valence-corrected chi connectivity index (χ3v) is 8.01. The van der Waals surface area contributed by atoms with Gasteiger partial charge in [0.25, 0.3) is 0 Å². The van der Waals surface area contributed by atoms with E-state index in [1.807, 2.05) is 0 Å². The Morgan fingerprint density at radius 2 is 1.35 bits per heavy atom. The van der Waals surface area contributed by atoms with E-state index in [0.29, 0.717) is 5.57 Å². The molecule has 12 heteroatoms. The van der Waals surface area contributed by atoms with Gasteiger partial charge in [0.2, 0.25) is 12.6 Å². The van der Waals surface area contributed by atoms with E-state index >= 15 is 4.39 Å². The quantitative estimate of drug-likeness (QED) is 0.166. The third-order valence-electron chi connectivity index (χ3n) is 8.01. The fourth-order valence-electron chi connectivity index (χ4n) is 5.51. The van der Waals surface area contributed by atoms with Crippen molar-refractivity contribution < 1.29 is 56.7 Å². The maximum atomic E-state index is 16.5.